The molecule has 1 unspecified atom stereocenters. The van der Waals surface area contributed by atoms with Gasteiger partial charge in [-0.3, -0.25) is 4.79 Å². The van der Waals surface area contributed by atoms with Crippen molar-refractivity contribution in [3.05, 3.63) is 0 Å². The minimum absolute atomic E-state index is 0.0307. The van der Waals surface area contributed by atoms with Crippen LogP contribution in [0.15, 0.2) is 0 Å². The SMILES string of the molecule is CNC(=O)SCCNc1nc(NCC(C)OC)nc(OC)n1. The van der Waals surface area contributed by atoms with Crippen molar-refractivity contribution in [2.24, 2.45) is 0 Å². The molecule has 124 valence electrons. The summed E-state index contributed by atoms with van der Waals surface area (Å²) < 4.78 is 10.2. The van der Waals surface area contributed by atoms with Gasteiger partial charge in [0.1, 0.15) is 0 Å². The molecule has 0 bridgehead atoms. The molecule has 0 fully saturated rings. The minimum atomic E-state index is -0.0778. The fourth-order valence-electron chi connectivity index (χ4n) is 1.30. The van der Waals surface area contributed by atoms with E-state index < -0.39 is 0 Å². The predicted octanol–water partition coefficient (Wildman–Crippen LogP) is 0.811. The Morgan fingerprint density at radius 2 is 1.91 bits per heavy atom. The van der Waals surface area contributed by atoms with Gasteiger partial charge < -0.3 is 25.4 Å². The number of thioether (sulfide) groups is 1. The average molecular weight is 330 g/mol. The van der Waals surface area contributed by atoms with Gasteiger partial charge in [0, 0.05) is 33.0 Å². The van der Waals surface area contributed by atoms with Gasteiger partial charge in [-0.2, -0.15) is 15.0 Å². The molecule has 3 N–H and O–H groups in total. The standard InChI is InChI=1S/C12H22N6O3S/c1-8(20-3)7-15-10-16-9(17-11(18-10)21-4)14-5-6-22-12(19)13-2/h8H,5-7H2,1-4H3,(H,13,19)(H2,14,15,16,17,18). The van der Waals surface area contributed by atoms with Crippen molar-refractivity contribution in [2.75, 3.05) is 50.7 Å². The van der Waals surface area contributed by atoms with E-state index in [1.54, 1.807) is 14.2 Å². The zero-order chi connectivity index (χ0) is 16.4. The van der Waals surface area contributed by atoms with Gasteiger partial charge in [-0.25, -0.2) is 0 Å². The first-order chi connectivity index (χ1) is 10.6. The maximum absolute atomic E-state index is 11.1. The van der Waals surface area contributed by atoms with E-state index in [1.165, 1.54) is 18.9 Å². The Balaban J connectivity index is 2.56. The Kier molecular flexibility index (Phi) is 8.30. The molecule has 0 aliphatic carbocycles. The van der Waals surface area contributed by atoms with Gasteiger partial charge in [-0.1, -0.05) is 11.8 Å². The van der Waals surface area contributed by atoms with Crippen molar-refractivity contribution >= 4 is 28.9 Å². The molecule has 1 heterocycles. The van der Waals surface area contributed by atoms with Crippen LogP contribution in [0.2, 0.25) is 0 Å². The molecule has 1 aromatic rings. The van der Waals surface area contributed by atoms with Crippen LogP contribution in [0.1, 0.15) is 6.92 Å². The number of nitrogens with one attached hydrogen (secondary N) is 3. The summed E-state index contributed by atoms with van der Waals surface area (Å²) in [6.45, 7) is 3.04. The second-order valence-electron chi connectivity index (χ2n) is 4.21. The lowest BCUT2D eigenvalue weighted by Crippen LogP contribution is -2.20. The second-order valence-corrected chi connectivity index (χ2v) is 5.28. The van der Waals surface area contributed by atoms with E-state index in [0.29, 0.717) is 30.7 Å². The molecular formula is C12H22N6O3S. The summed E-state index contributed by atoms with van der Waals surface area (Å²) in [7, 11) is 4.72. The van der Waals surface area contributed by atoms with Crippen molar-refractivity contribution in [3.63, 3.8) is 0 Å². The number of amides is 1. The van der Waals surface area contributed by atoms with Crippen molar-refractivity contribution < 1.29 is 14.3 Å². The van der Waals surface area contributed by atoms with Crippen LogP contribution in [0.4, 0.5) is 16.7 Å². The fraction of sp³-hybridized carbons (Fsp3) is 0.667. The van der Waals surface area contributed by atoms with Crippen LogP contribution in [-0.2, 0) is 4.74 Å². The topological polar surface area (TPSA) is 110 Å². The molecule has 1 atom stereocenters. The van der Waals surface area contributed by atoms with E-state index >= 15 is 0 Å². The zero-order valence-electron chi connectivity index (χ0n) is 13.2. The monoisotopic (exact) mass is 330 g/mol. The Bertz CT molecular complexity index is 476. The Morgan fingerprint density at radius 3 is 2.50 bits per heavy atom. The highest BCUT2D eigenvalue weighted by Crippen LogP contribution is 2.11. The summed E-state index contributed by atoms with van der Waals surface area (Å²) in [4.78, 5) is 23.5. The van der Waals surface area contributed by atoms with Crippen LogP contribution < -0.4 is 20.7 Å². The summed E-state index contributed by atoms with van der Waals surface area (Å²) >= 11 is 1.18. The summed E-state index contributed by atoms with van der Waals surface area (Å²) in [5.41, 5.74) is 0. The van der Waals surface area contributed by atoms with Crippen LogP contribution in [-0.4, -0.2) is 66.4 Å². The molecule has 10 heteroatoms. The highest BCUT2D eigenvalue weighted by atomic mass is 32.2. The molecule has 9 nitrogen and oxygen atoms in total. The molecule has 0 radical (unpaired) electrons. The van der Waals surface area contributed by atoms with Crippen molar-refractivity contribution in [1.82, 2.24) is 20.3 Å². The van der Waals surface area contributed by atoms with E-state index in [0.717, 1.165) is 0 Å². The number of hydrogen-bond acceptors (Lipinski definition) is 9. The van der Waals surface area contributed by atoms with Gasteiger partial charge in [0.25, 0.3) is 5.24 Å². The zero-order valence-corrected chi connectivity index (χ0v) is 14.0. The molecule has 0 saturated carbocycles. The third kappa shape index (κ3) is 6.76. The molecule has 22 heavy (non-hydrogen) atoms. The molecule has 0 aliphatic heterocycles. The van der Waals surface area contributed by atoms with Crippen molar-refractivity contribution in [1.29, 1.82) is 0 Å². The van der Waals surface area contributed by atoms with Gasteiger partial charge in [0.2, 0.25) is 11.9 Å². The minimum Gasteiger partial charge on any atom is -0.467 e. The molecule has 0 saturated heterocycles. The number of aromatic nitrogens is 3. The van der Waals surface area contributed by atoms with E-state index in [-0.39, 0.29) is 17.4 Å². The Hall–Kier alpha value is -1.81. The van der Waals surface area contributed by atoms with Gasteiger partial charge in [-0.05, 0) is 6.92 Å². The van der Waals surface area contributed by atoms with E-state index in [1.807, 2.05) is 6.92 Å². The first-order valence-corrected chi connectivity index (χ1v) is 7.72. The van der Waals surface area contributed by atoms with Gasteiger partial charge in [-0.15, -0.1) is 0 Å². The lowest BCUT2D eigenvalue weighted by Gasteiger charge is -2.12. The normalized spacial score (nSPS) is 11.6. The number of carbonyl (C=O) groups is 1. The van der Waals surface area contributed by atoms with E-state index in [2.05, 4.69) is 30.9 Å². The molecule has 1 aromatic heterocycles. The first-order valence-electron chi connectivity index (χ1n) is 6.74. The van der Waals surface area contributed by atoms with Crippen LogP contribution in [0.3, 0.4) is 0 Å². The second kappa shape index (κ2) is 10.0. The maximum atomic E-state index is 11.1. The Morgan fingerprint density at radius 1 is 1.23 bits per heavy atom. The van der Waals surface area contributed by atoms with E-state index in [4.69, 9.17) is 9.47 Å². The van der Waals surface area contributed by atoms with Gasteiger partial charge >= 0.3 is 6.01 Å². The molecule has 1 amide bonds. The van der Waals surface area contributed by atoms with Crippen LogP contribution in [0.25, 0.3) is 0 Å². The average Bonchev–Trinajstić information content (AvgIpc) is 2.55. The van der Waals surface area contributed by atoms with E-state index in [9.17, 15) is 4.79 Å². The first kappa shape index (κ1) is 18.2. The Labute approximate surface area is 134 Å². The third-order valence-corrected chi connectivity index (χ3v) is 3.44. The molecule has 0 spiro atoms. The lowest BCUT2D eigenvalue weighted by molar-refractivity contribution is 0.128. The number of hydrogen-bond donors (Lipinski definition) is 3. The molecular weight excluding hydrogens is 308 g/mol. The number of nitrogens with zero attached hydrogens (tertiary/aromatic N) is 3. The molecule has 0 aliphatic rings. The fourth-order valence-corrected chi connectivity index (χ4v) is 1.84. The summed E-state index contributed by atoms with van der Waals surface area (Å²) in [6, 6.07) is 0.212. The summed E-state index contributed by atoms with van der Waals surface area (Å²) in [5, 5.41) is 8.54. The number of rotatable bonds is 9. The van der Waals surface area contributed by atoms with Crippen LogP contribution >= 0.6 is 11.8 Å². The number of anilines is 2. The molecule has 1 rings (SSSR count). The number of methoxy groups -OCH3 is 2. The van der Waals surface area contributed by atoms with Crippen molar-refractivity contribution in [2.45, 2.75) is 13.0 Å². The maximum Gasteiger partial charge on any atom is 0.322 e. The number of carbonyl (C=O) groups excluding carboxylic acids is 1. The quantitative estimate of drug-likeness (QED) is 0.566. The van der Waals surface area contributed by atoms with Gasteiger partial charge in [0.05, 0.1) is 13.2 Å². The lowest BCUT2D eigenvalue weighted by atomic mass is 10.4. The van der Waals surface area contributed by atoms with Crippen LogP contribution in [0, 0.1) is 0 Å². The highest BCUT2D eigenvalue weighted by Gasteiger charge is 2.08. The summed E-state index contributed by atoms with van der Waals surface area (Å²) in [6.07, 6.45) is 0.0307. The van der Waals surface area contributed by atoms with Gasteiger partial charge in [0.15, 0.2) is 0 Å². The summed E-state index contributed by atoms with van der Waals surface area (Å²) in [5.74, 6) is 1.38. The van der Waals surface area contributed by atoms with Crippen molar-refractivity contribution in [3.8, 4) is 6.01 Å². The smallest absolute Gasteiger partial charge is 0.322 e. The van der Waals surface area contributed by atoms with Crippen LogP contribution in [0.5, 0.6) is 6.01 Å². The number of ether oxygens (including phenoxy) is 2. The third-order valence-electron chi connectivity index (χ3n) is 2.57. The predicted molar refractivity (Wildman–Crippen MR) is 86.7 cm³/mol. The molecule has 0 aromatic carbocycles. The highest BCUT2D eigenvalue weighted by molar-refractivity contribution is 8.13. The largest absolute Gasteiger partial charge is 0.467 e.